The molecule has 1 aromatic carbocycles. The van der Waals surface area contributed by atoms with Crippen LogP contribution in [0.5, 0.6) is 0 Å². The summed E-state index contributed by atoms with van der Waals surface area (Å²) in [5.74, 6) is -1.06. The standard InChI is InChI=1S/C15H17N3O2S/c16-11-21-13-7-5-12(6-8-13)17-14(19)15(20)18-9-3-1-2-4-10-18/h5-8H,1-4,9-10H2,(H,17,19). The van der Waals surface area contributed by atoms with Crippen LogP contribution in [0.25, 0.3) is 0 Å². The number of carbonyl (C=O) groups is 2. The summed E-state index contributed by atoms with van der Waals surface area (Å²) >= 11 is 1.05. The Kier molecular flexibility index (Phi) is 5.64. The third kappa shape index (κ3) is 4.50. The molecule has 6 heteroatoms. The lowest BCUT2D eigenvalue weighted by molar-refractivity contribution is -0.143. The zero-order valence-electron chi connectivity index (χ0n) is 11.7. The van der Waals surface area contributed by atoms with Gasteiger partial charge >= 0.3 is 11.8 Å². The molecule has 0 bridgehead atoms. The van der Waals surface area contributed by atoms with Crippen molar-refractivity contribution in [2.75, 3.05) is 18.4 Å². The number of nitrogens with one attached hydrogen (secondary N) is 1. The molecule has 1 heterocycles. The Morgan fingerprint density at radius 1 is 1.10 bits per heavy atom. The molecule has 1 aliphatic heterocycles. The third-order valence-electron chi connectivity index (χ3n) is 3.36. The van der Waals surface area contributed by atoms with Crippen LogP contribution in [0.1, 0.15) is 25.7 Å². The highest BCUT2D eigenvalue weighted by molar-refractivity contribution is 8.03. The third-order valence-corrected chi connectivity index (χ3v) is 3.96. The number of amides is 2. The van der Waals surface area contributed by atoms with E-state index < -0.39 is 11.8 Å². The van der Waals surface area contributed by atoms with E-state index in [2.05, 4.69) is 5.32 Å². The van der Waals surface area contributed by atoms with E-state index in [1.165, 1.54) is 0 Å². The Morgan fingerprint density at radius 2 is 1.71 bits per heavy atom. The lowest BCUT2D eigenvalue weighted by Crippen LogP contribution is -2.40. The Hall–Kier alpha value is -2.00. The molecule has 0 aliphatic carbocycles. The fourth-order valence-electron chi connectivity index (χ4n) is 2.26. The molecule has 0 spiro atoms. The quantitative estimate of drug-likeness (QED) is 0.518. The van der Waals surface area contributed by atoms with Gasteiger partial charge in [0, 0.05) is 23.7 Å². The van der Waals surface area contributed by atoms with E-state index in [1.807, 2.05) is 5.40 Å². The molecule has 2 rings (SSSR count). The molecule has 1 N–H and O–H groups in total. The number of hydrogen-bond acceptors (Lipinski definition) is 4. The van der Waals surface area contributed by atoms with Crippen LogP contribution in [0.4, 0.5) is 5.69 Å². The van der Waals surface area contributed by atoms with Crippen molar-refractivity contribution in [2.24, 2.45) is 0 Å². The van der Waals surface area contributed by atoms with Gasteiger partial charge in [0.25, 0.3) is 0 Å². The Labute approximate surface area is 128 Å². The number of nitriles is 1. The number of benzene rings is 1. The number of thiocyanates is 1. The summed E-state index contributed by atoms with van der Waals surface area (Å²) in [5.41, 5.74) is 0.561. The topological polar surface area (TPSA) is 73.2 Å². The monoisotopic (exact) mass is 303 g/mol. The summed E-state index contributed by atoms with van der Waals surface area (Å²) in [6.07, 6.45) is 4.14. The van der Waals surface area contributed by atoms with Gasteiger partial charge in [-0.15, -0.1) is 0 Å². The van der Waals surface area contributed by atoms with E-state index in [0.717, 1.165) is 42.3 Å². The molecule has 1 fully saturated rings. The Balaban J connectivity index is 1.93. The van der Waals surface area contributed by atoms with Crippen molar-refractivity contribution in [3.63, 3.8) is 0 Å². The van der Waals surface area contributed by atoms with Crippen molar-refractivity contribution in [3.05, 3.63) is 24.3 Å². The Bertz CT molecular complexity index is 543. The zero-order chi connectivity index (χ0) is 15.1. The van der Waals surface area contributed by atoms with Crippen LogP contribution in [-0.2, 0) is 9.59 Å². The molecule has 5 nitrogen and oxygen atoms in total. The van der Waals surface area contributed by atoms with Crippen LogP contribution >= 0.6 is 11.8 Å². The smallest absolute Gasteiger partial charge is 0.313 e. The number of hydrogen-bond donors (Lipinski definition) is 1. The molecule has 0 saturated carbocycles. The summed E-state index contributed by atoms with van der Waals surface area (Å²) in [4.78, 5) is 26.5. The van der Waals surface area contributed by atoms with Crippen LogP contribution in [0, 0.1) is 10.7 Å². The van der Waals surface area contributed by atoms with Crippen LogP contribution in [-0.4, -0.2) is 29.8 Å². The lowest BCUT2D eigenvalue weighted by atomic mass is 10.2. The second-order valence-corrected chi connectivity index (χ2v) is 5.74. The molecule has 1 saturated heterocycles. The van der Waals surface area contributed by atoms with E-state index in [-0.39, 0.29) is 0 Å². The SMILES string of the molecule is N#CSc1ccc(NC(=O)C(=O)N2CCCCCC2)cc1. The van der Waals surface area contributed by atoms with Gasteiger partial charge in [-0.25, -0.2) is 0 Å². The molecule has 21 heavy (non-hydrogen) atoms. The van der Waals surface area contributed by atoms with Gasteiger partial charge in [-0.3, -0.25) is 9.59 Å². The van der Waals surface area contributed by atoms with Gasteiger partial charge in [0.2, 0.25) is 0 Å². The van der Waals surface area contributed by atoms with Crippen LogP contribution in [0.3, 0.4) is 0 Å². The summed E-state index contributed by atoms with van der Waals surface area (Å²) in [6, 6.07) is 6.85. The largest absolute Gasteiger partial charge is 0.334 e. The molecule has 0 aromatic heterocycles. The molecule has 110 valence electrons. The van der Waals surface area contributed by atoms with Gasteiger partial charge in [0.05, 0.1) is 0 Å². The summed E-state index contributed by atoms with van der Waals surface area (Å²) in [7, 11) is 0. The first kappa shape index (κ1) is 15.4. The number of thioether (sulfide) groups is 1. The number of carbonyl (C=O) groups excluding carboxylic acids is 2. The van der Waals surface area contributed by atoms with Crippen LogP contribution < -0.4 is 5.32 Å². The maximum atomic E-state index is 12.1. The fraction of sp³-hybridized carbons (Fsp3) is 0.400. The zero-order valence-corrected chi connectivity index (χ0v) is 12.5. The van der Waals surface area contributed by atoms with E-state index in [4.69, 9.17) is 5.26 Å². The molecular formula is C15H17N3O2S. The van der Waals surface area contributed by atoms with E-state index in [0.29, 0.717) is 18.8 Å². The van der Waals surface area contributed by atoms with Gasteiger partial charge in [-0.05, 0) is 48.9 Å². The van der Waals surface area contributed by atoms with Gasteiger partial charge in [0.15, 0.2) is 0 Å². The highest BCUT2D eigenvalue weighted by Gasteiger charge is 2.22. The number of anilines is 1. The van der Waals surface area contributed by atoms with Crippen molar-refractivity contribution < 1.29 is 9.59 Å². The summed E-state index contributed by atoms with van der Waals surface area (Å²) in [5, 5.41) is 13.2. The number of nitrogens with zero attached hydrogens (tertiary/aromatic N) is 2. The minimum Gasteiger partial charge on any atom is -0.334 e. The normalized spacial score (nSPS) is 14.9. The number of likely N-dealkylation sites (tertiary alicyclic amines) is 1. The van der Waals surface area contributed by atoms with E-state index in [1.54, 1.807) is 29.2 Å². The summed E-state index contributed by atoms with van der Waals surface area (Å²) < 4.78 is 0. The van der Waals surface area contributed by atoms with Gasteiger partial charge in [0.1, 0.15) is 5.40 Å². The van der Waals surface area contributed by atoms with Crippen LogP contribution in [0.15, 0.2) is 29.2 Å². The van der Waals surface area contributed by atoms with Gasteiger partial charge in [-0.2, -0.15) is 5.26 Å². The summed E-state index contributed by atoms with van der Waals surface area (Å²) in [6.45, 7) is 1.31. The Morgan fingerprint density at radius 3 is 2.29 bits per heavy atom. The molecular weight excluding hydrogens is 286 g/mol. The predicted octanol–water partition coefficient (Wildman–Crippen LogP) is 2.60. The van der Waals surface area contributed by atoms with E-state index >= 15 is 0 Å². The average Bonchev–Trinajstić information content (AvgIpc) is 2.78. The number of rotatable bonds is 2. The molecule has 1 aliphatic rings. The predicted molar refractivity (Wildman–Crippen MR) is 81.6 cm³/mol. The first-order chi connectivity index (χ1) is 10.2. The molecule has 0 atom stereocenters. The lowest BCUT2D eigenvalue weighted by Gasteiger charge is -2.19. The van der Waals surface area contributed by atoms with Crippen LogP contribution in [0.2, 0.25) is 0 Å². The van der Waals surface area contributed by atoms with E-state index in [9.17, 15) is 9.59 Å². The molecule has 2 amide bonds. The maximum Gasteiger partial charge on any atom is 0.313 e. The first-order valence-corrected chi connectivity index (χ1v) is 7.78. The second-order valence-electron chi connectivity index (χ2n) is 4.88. The van der Waals surface area contributed by atoms with Gasteiger partial charge < -0.3 is 10.2 Å². The van der Waals surface area contributed by atoms with Crippen molar-refractivity contribution in [3.8, 4) is 5.40 Å². The molecule has 0 radical (unpaired) electrons. The highest BCUT2D eigenvalue weighted by atomic mass is 32.2. The molecule has 0 unspecified atom stereocenters. The first-order valence-electron chi connectivity index (χ1n) is 6.97. The van der Waals surface area contributed by atoms with Crippen molar-refractivity contribution in [1.82, 2.24) is 4.90 Å². The van der Waals surface area contributed by atoms with Crippen molar-refractivity contribution >= 4 is 29.3 Å². The second kappa shape index (κ2) is 7.70. The minimum absolute atomic E-state index is 0.465. The highest BCUT2D eigenvalue weighted by Crippen LogP contribution is 2.19. The average molecular weight is 303 g/mol. The minimum atomic E-state index is -0.599. The maximum absolute atomic E-state index is 12.1. The fourth-order valence-corrected chi connectivity index (χ4v) is 2.64. The van der Waals surface area contributed by atoms with Gasteiger partial charge in [-0.1, -0.05) is 12.8 Å². The molecule has 1 aromatic rings. The van der Waals surface area contributed by atoms with Crippen molar-refractivity contribution in [1.29, 1.82) is 5.26 Å². The van der Waals surface area contributed by atoms with Crippen molar-refractivity contribution in [2.45, 2.75) is 30.6 Å².